The van der Waals surface area contributed by atoms with Gasteiger partial charge in [0.2, 0.25) is 0 Å². The standard InChI is InChI=1S/C17H31N3/c1-4-19-17(13-18)10-5-6-16(12-17)20(15-7-8-15)11-9-14(2)3/h14-16,19H,4-12H2,1-3H3. The predicted octanol–water partition coefficient (Wildman–Crippen LogP) is 3.31. The summed E-state index contributed by atoms with van der Waals surface area (Å²) in [6.45, 7) is 8.85. The molecule has 114 valence electrons. The number of rotatable bonds is 7. The van der Waals surface area contributed by atoms with E-state index in [0.29, 0.717) is 6.04 Å². The van der Waals surface area contributed by atoms with Crippen LogP contribution < -0.4 is 5.32 Å². The van der Waals surface area contributed by atoms with Crippen LogP contribution in [0, 0.1) is 17.2 Å². The zero-order chi connectivity index (χ0) is 14.6. The van der Waals surface area contributed by atoms with Crippen molar-refractivity contribution in [2.75, 3.05) is 13.1 Å². The van der Waals surface area contributed by atoms with Crippen molar-refractivity contribution in [3.05, 3.63) is 0 Å². The average Bonchev–Trinajstić information content (AvgIpc) is 3.24. The van der Waals surface area contributed by atoms with Gasteiger partial charge < -0.3 is 0 Å². The molecule has 0 heterocycles. The Morgan fingerprint density at radius 3 is 2.60 bits per heavy atom. The van der Waals surface area contributed by atoms with Gasteiger partial charge in [0.25, 0.3) is 0 Å². The molecule has 0 aromatic carbocycles. The highest BCUT2D eigenvalue weighted by molar-refractivity contribution is 5.11. The molecule has 0 aromatic rings. The third-order valence-electron chi connectivity index (χ3n) is 4.90. The number of hydrogen-bond acceptors (Lipinski definition) is 3. The van der Waals surface area contributed by atoms with Gasteiger partial charge in [-0.1, -0.05) is 20.8 Å². The van der Waals surface area contributed by atoms with Crippen molar-refractivity contribution < 1.29 is 0 Å². The molecule has 0 bridgehead atoms. The zero-order valence-corrected chi connectivity index (χ0v) is 13.5. The second-order valence-electron chi connectivity index (χ2n) is 7.13. The Morgan fingerprint density at radius 2 is 2.05 bits per heavy atom. The van der Waals surface area contributed by atoms with E-state index in [1.807, 2.05) is 0 Å². The Kier molecular flexibility index (Phi) is 5.46. The SMILES string of the molecule is CCNC1(C#N)CCCC(N(CCC(C)C)C2CC2)C1. The van der Waals surface area contributed by atoms with E-state index >= 15 is 0 Å². The van der Waals surface area contributed by atoms with Crippen LogP contribution in [0.1, 0.15) is 65.7 Å². The van der Waals surface area contributed by atoms with Crippen LogP contribution in [-0.4, -0.2) is 35.6 Å². The second kappa shape index (κ2) is 6.91. The summed E-state index contributed by atoms with van der Waals surface area (Å²) in [5.41, 5.74) is -0.261. The van der Waals surface area contributed by atoms with E-state index in [9.17, 15) is 5.26 Å². The van der Waals surface area contributed by atoms with Crippen molar-refractivity contribution in [1.29, 1.82) is 5.26 Å². The minimum Gasteiger partial charge on any atom is -0.300 e. The molecule has 2 atom stereocenters. The van der Waals surface area contributed by atoms with E-state index < -0.39 is 0 Å². The molecule has 2 aliphatic rings. The molecule has 0 spiro atoms. The summed E-state index contributed by atoms with van der Waals surface area (Å²) in [5.74, 6) is 0.773. The maximum absolute atomic E-state index is 9.61. The van der Waals surface area contributed by atoms with Crippen LogP contribution in [0.5, 0.6) is 0 Å². The number of nitriles is 1. The third-order valence-corrected chi connectivity index (χ3v) is 4.90. The summed E-state index contributed by atoms with van der Waals surface area (Å²) in [4.78, 5) is 2.74. The van der Waals surface area contributed by atoms with Crippen LogP contribution in [0.25, 0.3) is 0 Å². The Labute approximate surface area is 124 Å². The third kappa shape index (κ3) is 3.96. The molecule has 2 saturated carbocycles. The molecule has 0 aliphatic heterocycles. The minimum absolute atomic E-state index is 0.261. The van der Waals surface area contributed by atoms with Gasteiger partial charge in [0.15, 0.2) is 0 Å². The molecule has 1 N–H and O–H groups in total. The Morgan fingerprint density at radius 1 is 1.30 bits per heavy atom. The van der Waals surface area contributed by atoms with Gasteiger partial charge in [0.1, 0.15) is 5.54 Å². The number of nitrogens with zero attached hydrogens (tertiary/aromatic N) is 2. The lowest BCUT2D eigenvalue weighted by molar-refractivity contribution is 0.108. The van der Waals surface area contributed by atoms with Crippen molar-refractivity contribution in [3.63, 3.8) is 0 Å². The van der Waals surface area contributed by atoms with Crippen molar-refractivity contribution in [2.24, 2.45) is 5.92 Å². The first-order valence-corrected chi connectivity index (χ1v) is 8.52. The summed E-state index contributed by atoms with van der Waals surface area (Å²) >= 11 is 0. The number of nitrogens with one attached hydrogen (secondary N) is 1. The lowest BCUT2D eigenvalue weighted by Gasteiger charge is -2.42. The highest BCUT2D eigenvalue weighted by Gasteiger charge is 2.41. The number of hydrogen-bond donors (Lipinski definition) is 1. The fourth-order valence-electron chi connectivity index (χ4n) is 3.65. The van der Waals surface area contributed by atoms with Gasteiger partial charge in [-0.25, -0.2) is 0 Å². The van der Waals surface area contributed by atoms with E-state index in [-0.39, 0.29) is 5.54 Å². The molecule has 2 aliphatic carbocycles. The van der Waals surface area contributed by atoms with Crippen LogP contribution in [0.3, 0.4) is 0 Å². The largest absolute Gasteiger partial charge is 0.300 e. The topological polar surface area (TPSA) is 39.1 Å². The molecule has 0 aromatic heterocycles. The molecular formula is C17H31N3. The highest BCUT2D eigenvalue weighted by atomic mass is 15.2. The highest BCUT2D eigenvalue weighted by Crippen LogP contribution is 2.37. The minimum atomic E-state index is -0.261. The maximum atomic E-state index is 9.61. The monoisotopic (exact) mass is 277 g/mol. The Bertz CT molecular complexity index is 339. The van der Waals surface area contributed by atoms with Gasteiger partial charge in [-0.05, 0) is 64.0 Å². The van der Waals surface area contributed by atoms with Crippen molar-refractivity contribution in [1.82, 2.24) is 10.2 Å². The first-order chi connectivity index (χ1) is 9.60. The zero-order valence-electron chi connectivity index (χ0n) is 13.5. The van der Waals surface area contributed by atoms with E-state index in [2.05, 4.69) is 37.1 Å². The van der Waals surface area contributed by atoms with Gasteiger partial charge in [0, 0.05) is 12.1 Å². The van der Waals surface area contributed by atoms with Gasteiger partial charge in [-0.3, -0.25) is 10.2 Å². The van der Waals surface area contributed by atoms with Gasteiger partial charge >= 0.3 is 0 Å². The normalized spacial score (nSPS) is 30.7. The van der Waals surface area contributed by atoms with Gasteiger partial charge in [0.05, 0.1) is 6.07 Å². The smallest absolute Gasteiger partial charge is 0.108 e. The second-order valence-corrected chi connectivity index (χ2v) is 7.13. The summed E-state index contributed by atoms with van der Waals surface area (Å²) in [7, 11) is 0. The predicted molar refractivity (Wildman–Crippen MR) is 83.5 cm³/mol. The molecule has 0 amide bonds. The molecule has 3 heteroatoms. The van der Waals surface area contributed by atoms with E-state index in [0.717, 1.165) is 31.3 Å². The summed E-state index contributed by atoms with van der Waals surface area (Å²) in [5, 5.41) is 13.1. The summed E-state index contributed by atoms with van der Waals surface area (Å²) < 4.78 is 0. The first-order valence-electron chi connectivity index (χ1n) is 8.52. The molecular weight excluding hydrogens is 246 g/mol. The van der Waals surface area contributed by atoms with Crippen LogP contribution in [0.15, 0.2) is 0 Å². The fourth-order valence-corrected chi connectivity index (χ4v) is 3.65. The lowest BCUT2D eigenvalue weighted by atomic mass is 9.79. The maximum Gasteiger partial charge on any atom is 0.108 e. The van der Waals surface area contributed by atoms with Crippen LogP contribution >= 0.6 is 0 Å². The molecule has 2 rings (SSSR count). The van der Waals surface area contributed by atoms with Crippen molar-refractivity contribution in [2.45, 2.75) is 83.3 Å². The van der Waals surface area contributed by atoms with Crippen molar-refractivity contribution >= 4 is 0 Å². The lowest BCUT2D eigenvalue weighted by Crippen LogP contribution is -2.53. The first kappa shape index (κ1) is 15.8. The Hall–Kier alpha value is -0.590. The molecule has 20 heavy (non-hydrogen) atoms. The fraction of sp³-hybridized carbons (Fsp3) is 0.941. The molecule has 2 unspecified atom stereocenters. The molecule has 0 radical (unpaired) electrons. The van der Waals surface area contributed by atoms with Crippen LogP contribution in [0.2, 0.25) is 0 Å². The van der Waals surface area contributed by atoms with Crippen LogP contribution in [0.4, 0.5) is 0 Å². The van der Waals surface area contributed by atoms with Gasteiger partial charge in [-0.15, -0.1) is 0 Å². The quantitative estimate of drug-likeness (QED) is 0.776. The Balaban J connectivity index is 1.99. The van der Waals surface area contributed by atoms with Crippen molar-refractivity contribution in [3.8, 4) is 6.07 Å². The summed E-state index contributed by atoms with van der Waals surface area (Å²) in [6, 6.07) is 4.02. The molecule has 2 fully saturated rings. The average molecular weight is 277 g/mol. The van der Waals surface area contributed by atoms with Gasteiger partial charge in [-0.2, -0.15) is 5.26 Å². The molecule has 3 nitrogen and oxygen atoms in total. The summed E-state index contributed by atoms with van der Waals surface area (Å²) in [6.07, 6.45) is 8.54. The van der Waals surface area contributed by atoms with E-state index in [1.165, 1.54) is 38.6 Å². The van der Waals surface area contributed by atoms with Crippen LogP contribution in [-0.2, 0) is 0 Å². The van der Waals surface area contributed by atoms with E-state index in [4.69, 9.17) is 0 Å². The molecule has 0 saturated heterocycles. The van der Waals surface area contributed by atoms with E-state index in [1.54, 1.807) is 0 Å².